The van der Waals surface area contributed by atoms with Crippen LogP contribution in [0, 0.1) is 0 Å². The molecule has 1 heterocycles. The van der Waals surface area contributed by atoms with Crippen molar-refractivity contribution in [2.45, 2.75) is 10.2 Å². The van der Waals surface area contributed by atoms with E-state index in [1.54, 1.807) is 18.3 Å². The van der Waals surface area contributed by atoms with Gasteiger partial charge in [0.1, 0.15) is 5.15 Å². The van der Waals surface area contributed by atoms with Gasteiger partial charge in [-0.3, -0.25) is 0 Å². The predicted molar refractivity (Wildman–Crippen MR) is 53.2 cm³/mol. The van der Waals surface area contributed by atoms with E-state index < -0.39 is 3.79 Å². The second-order valence-corrected chi connectivity index (χ2v) is 5.12. The summed E-state index contributed by atoms with van der Waals surface area (Å²) in [6, 6.07) is 3.52. The van der Waals surface area contributed by atoms with Crippen LogP contribution in [0.25, 0.3) is 0 Å². The maximum Gasteiger partial charge on any atom is 0.194 e. The van der Waals surface area contributed by atoms with E-state index in [0.717, 1.165) is 5.56 Å². The fourth-order valence-corrected chi connectivity index (χ4v) is 1.39. The minimum absolute atomic E-state index is 0.268. The summed E-state index contributed by atoms with van der Waals surface area (Å²) in [6.07, 6.45) is 1.86. The van der Waals surface area contributed by atoms with Crippen molar-refractivity contribution >= 4 is 46.4 Å². The maximum atomic E-state index is 5.74. The smallest absolute Gasteiger partial charge is 0.194 e. The molecule has 0 aliphatic rings. The minimum atomic E-state index is -1.31. The number of rotatable bonds is 1. The number of hydrogen-bond acceptors (Lipinski definition) is 1. The zero-order valence-electron chi connectivity index (χ0n) is 5.90. The van der Waals surface area contributed by atoms with Gasteiger partial charge in [-0.05, 0) is 11.6 Å². The Balaban J connectivity index is 2.83. The Morgan fingerprint density at radius 3 is 2.50 bits per heavy atom. The van der Waals surface area contributed by atoms with Gasteiger partial charge in [0, 0.05) is 12.6 Å². The van der Waals surface area contributed by atoms with Crippen LogP contribution < -0.4 is 0 Å². The summed E-state index contributed by atoms with van der Waals surface area (Å²) in [5.41, 5.74) is 0.735. The van der Waals surface area contributed by atoms with Gasteiger partial charge in [0.2, 0.25) is 0 Å². The Kier molecular flexibility index (Phi) is 3.47. The number of aromatic nitrogens is 1. The van der Waals surface area contributed by atoms with Crippen LogP contribution in [-0.2, 0) is 6.42 Å². The van der Waals surface area contributed by atoms with Crippen LogP contribution >= 0.6 is 46.4 Å². The fourth-order valence-electron chi connectivity index (χ4n) is 0.767. The summed E-state index contributed by atoms with van der Waals surface area (Å²) < 4.78 is -1.31. The molecule has 0 saturated carbocycles. The summed E-state index contributed by atoms with van der Waals surface area (Å²) >= 11 is 22.5. The first-order chi connectivity index (χ1) is 5.49. The van der Waals surface area contributed by atoms with E-state index >= 15 is 0 Å². The van der Waals surface area contributed by atoms with Crippen molar-refractivity contribution in [2.24, 2.45) is 0 Å². The molecule has 5 heteroatoms. The Bertz CT molecular complexity index is 268. The lowest BCUT2D eigenvalue weighted by atomic mass is 10.2. The minimum Gasteiger partial charge on any atom is -0.244 e. The first kappa shape index (κ1) is 10.4. The molecular weight excluding hydrogens is 240 g/mol. The molecule has 1 aromatic rings. The summed E-state index contributed by atoms with van der Waals surface area (Å²) in [5.74, 6) is 0. The standard InChI is InChI=1S/C7H5Cl4N/c8-6-5(2-1-3-12-6)4-7(9,10)11/h1-3H,4H2. The largest absolute Gasteiger partial charge is 0.244 e. The summed E-state index contributed by atoms with van der Waals surface area (Å²) in [7, 11) is 0. The second-order valence-electron chi connectivity index (χ2n) is 2.25. The van der Waals surface area contributed by atoms with Crippen molar-refractivity contribution in [3.8, 4) is 0 Å². The molecule has 0 amide bonds. The molecule has 0 bridgehead atoms. The molecule has 66 valence electrons. The molecule has 12 heavy (non-hydrogen) atoms. The molecule has 1 nitrogen and oxygen atoms in total. The number of hydrogen-bond donors (Lipinski definition) is 0. The highest BCUT2D eigenvalue weighted by atomic mass is 35.6. The average Bonchev–Trinajstić information content (AvgIpc) is 1.91. The van der Waals surface area contributed by atoms with E-state index in [1.807, 2.05) is 0 Å². The highest BCUT2D eigenvalue weighted by Crippen LogP contribution is 2.31. The molecule has 1 rings (SSSR count). The van der Waals surface area contributed by atoms with Gasteiger partial charge in [-0.15, -0.1) is 0 Å². The SMILES string of the molecule is Clc1ncccc1CC(Cl)(Cl)Cl. The average molecular weight is 245 g/mol. The van der Waals surface area contributed by atoms with Crippen molar-refractivity contribution in [3.05, 3.63) is 29.0 Å². The molecule has 0 unspecified atom stereocenters. The Hall–Kier alpha value is 0.310. The zero-order valence-corrected chi connectivity index (χ0v) is 8.92. The normalized spacial score (nSPS) is 11.7. The van der Waals surface area contributed by atoms with E-state index in [9.17, 15) is 0 Å². The lowest BCUT2D eigenvalue weighted by molar-refractivity contribution is 1.00. The van der Waals surface area contributed by atoms with Crippen LogP contribution in [-0.4, -0.2) is 8.78 Å². The summed E-state index contributed by atoms with van der Waals surface area (Å²) in [4.78, 5) is 3.85. The summed E-state index contributed by atoms with van der Waals surface area (Å²) in [6.45, 7) is 0. The molecule has 0 aliphatic heterocycles. The molecule has 0 atom stereocenters. The van der Waals surface area contributed by atoms with E-state index in [-0.39, 0.29) is 6.42 Å². The van der Waals surface area contributed by atoms with Crippen LogP contribution in [0.3, 0.4) is 0 Å². The lowest BCUT2D eigenvalue weighted by Crippen LogP contribution is -2.07. The third kappa shape index (κ3) is 3.36. The van der Waals surface area contributed by atoms with E-state index in [1.165, 1.54) is 0 Å². The van der Waals surface area contributed by atoms with Crippen LogP contribution in [0.5, 0.6) is 0 Å². The summed E-state index contributed by atoms with van der Waals surface area (Å²) in [5, 5.41) is 0.379. The number of halogens is 4. The molecular formula is C7H5Cl4N. The number of pyridine rings is 1. The molecule has 0 aliphatic carbocycles. The molecule has 1 aromatic heterocycles. The third-order valence-corrected chi connectivity index (χ3v) is 1.97. The molecule has 0 fully saturated rings. The van der Waals surface area contributed by atoms with Crippen molar-refractivity contribution < 1.29 is 0 Å². The molecule has 0 spiro atoms. The zero-order chi connectivity index (χ0) is 9.19. The molecule has 0 radical (unpaired) electrons. The monoisotopic (exact) mass is 243 g/mol. The first-order valence-electron chi connectivity index (χ1n) is 3.15. The van der Waals surface area contributed by atoms with Crippen LogP contribution in [0.2, 0.25) is 5.15 Å². The van der Waals surface area contributed by atoms with Crippen molar-refractivity contribution in [1.29, 1.82) is 0 Å². The lowest BCUT2D eigenvalue weighted by Gasteiger charge is -2.10. The van der Waals surface area contributed by atoms with E-state index in [2.05, 4.69) is 4.98 Å². The van der Waals surface area contributed by atoms with Crippen molar-refractivity contribution in [3.63, 3.8) is 0 Å². The molecule has 0 saturated heterocycles. The second kappa shape index (κ2) is 4.01. The van der Waals surface area contributed by atoms with E-state index in [0.29, 0.717) is 5.15 Å². The van der Waals surface area contributed by atoms with Gasteiger partial charge < -0.3 is 0 Å². The molecule has 0 N–H and O–H groups in total. The topological polar surface area (TPSA) is 12.9 Å². The predicted octanol–water partition coefficient (Wildman–Crippen LogP) is 3.65. The highest BCUT2D eigenvalue weighted by molar-refractivity contribution is 6.67. The van der Waals surface area contributed by atoms with Gasteiger partial charge in [-0.2, -0.15) is 0 Å². The van der Waals surface area contributed by atoms with E-state index in [4.69, 9.17) is 46.4 Å². The van der Waals surface area contributed by atoms with Gasteiger partial charge in [0.25, 0.3) is 0 Å². The van der Waals surface area contributed by atoms with Crippen molar-refractivity contribution in [1.82, 2.24) is 4.98 Å². The van der Waals surface area contributed by atoms with Crippen molar-refractivity contribution in [2.75, 3.05) is 0 Å². The number of nitrogens with zero attached hydrogens (tertiary/aromatic N) is 1. The van der Waals surface area contributed by atoms with Crippen LogP contribution in [0.4, 0.5) is 0 Å². The van der Waals surface area contributed by atoms with Gasteiger partial charge in [0.15, 0.2) is 3.79 Å². The number of alkyl halides is 3. The highest BCUT2D eigenvalue weighted by Gasteiger charge is 2.21. The third-order valence-electron chi connectivity index (χ3n) is 1.23. The van der Waals surface area contributed by atoms with Gasteiger partial charge in [0.05, 0.1) is 0 Å². The Labute approximate surface area is 90.6 Å². The Morgan fingerprint density at radius 2 is 2.00 bits per heavy atom. The quantitative estimate of drug-likeness (QED) is 0.543. The van der Waals surface area contributed by atoms with Gasteiger partial charge in [-0.1, -0.05) is 52.5 Å². The maximum absolute atomic E-state index is 5.74. The molecule has 0 aromatic carbocycles. The van der Waals surface area contributed by atoms with Crippen LogP contribution in [0.1, 0.15) is 5.56 Å². The van der Waals surface area contributed by atoms with Crippen LogP contribution in [0.15, 0.2) is 18.3 Å². The van der Waals surface area contributed by atoms with Gasteiger partial charge >= 0.3 is 0 Å². The Morgan fingerprint density at radius 1 is 1.33 bits per heavy atom. The first-order valence-corrected chi connectivity index (χ1v) is 4.66. The van der Waals surface area contributed by atoms with Gasteiger partial charge in [-0.25, -0.2) is 4.98 Å². The fraction of sp³-hybridized carbons (Fsp3) is 0.286.